The molecule has 0 spiro atoms. The third-order valence-electron chi connectivity index (χ3n) is 3.89. The average molecular weight is 275 g/mol. The van der Waals surface area contributed by atoms with E-state index in [0.29, 0.717) is 0 Å². The summed E-state index contributed by atoms with van der Waals surface area (Å²) in [5, 5.41) is 9.10. The zero-order valence-electron chi connectivity index (χ0n) is 12.1. The van der Waals surface area contributed by atoms with Crippen LogP contribution >= 0.6 is 0 Å². The highest BCUT2D eigenvalue weighted by Crippen LogP contribution is 2.23. The molecule has 1 aliphatic heterocycles. The first-order valence-electron chi connectivity index (χ1n) is 7.42. The number of hydrogen-bond donors (Lipinski definition) is 0. The van der Waals surface area contributed by atoms with Crippen LogP contribution in [0, 0.1) is 17.1 Å². The lowest BCUT2D eigenvalue weighted by Crippen LogP contribution is -2.46. The van der Waals surface area contributed by atoms with Crippen LogP contribution in [0.25, 0.3) is 0 Å². The van der Waals surface area contributed by atoms with Gasteiger partial charge in [0.2, 0.25) is 0 Å². The highest BCUT2D eigenvalue weighted by Gasteiger charge is 2.20. The zero-order valence-corrected chi connectivity index (χ0v) is 12.1. The molecule has 0 unspecified atom stereocenters. The van der Waals surface area contributed by atoms with Crippen LogP contribution in [0.2, 0.25) is 0 Å². The maximum absolute atomic E-state index is 13.6. The number of rotatable bonds is 5. The third-order valence-corrected chi connectivity index (χ3v) is 3.89. The number of halogens is 1. The number of anilines is 1. The first kappa shape index (κ1) is 14.8. The van der Waals surface area contributed by atoms with Gasteiger partial charge < -0.3 is 4.90 Å². The summed E-state index contributed by atoms with van der Waals surface area (Å²) in [6.45, 7) is 7.08. The lowest BCUT2D eigenvalue weighted by Gasteiger charge is -2.36. The molecule has 0 N–H and O–H groups in total. The molecule has 1 heterocycles. The number of benzene rings is 1. The van der Waals surface area contributed by atoms with Gasteiger partial charge in [-0.1, -0.05) is 25.8 Å². The average Bonchev–Trinajstić information content (AvgIpc) is 2.48. The highest BCUT2D eigenvalue weighted by atomic mass is 19.1. The molecule has 1 aliphatic rings. The molecule has 4 heteroatoms. The van der Waals surface area contributed by atoms with E-state index in [-0.39, 0.29) is 5.56 Å². The Morgan fingerprint density at radius 3 is 2.60 bits per heavy atom. The van der Waals surface area contributed by atoms with Gasteiger partial charge in [0.1, 0.15) is 17.4 Å². The van der Waals surface area contributed by atoms with Gasteiger partial charge in [-0.15, -0.1) is 0 Å². The van der Waals surface area contributed by atoms with Crippen molar-refractivity contribution in [3.8, 4) is 6.07 Å². The Morgan fingerprint density at radius 2 is 1.95 bits per heavy atom. The SMILES string of the molecule is CCCCCN1CCN(c2cccc(F)c2C#N)CC1. The van der Waals surface area contributed by atoms with Gasteiger partial charge >= 0.3 is 0 Å². The van der Waals surface area contributed by atoms with Gasteiger partial charge in [0.05, 0.1) is 5.69 Å². The number of piperazine rings is 1. The molecule has 1 fully saturated rings. The first-order chi connectivity index (χ1) is 9.76. The zero-order chi connectivity index (χ0) is 14.4. The molecule has 1 aromatic carbocycles. The Bertz CT molecular complexity index is 473. The molecule has 108 valence electrons. The fraction of sp³-hybridized carbons (Fsp3) is 0.562. The van der Waals surface area contributed by atoms with E-state index >= 15 is 0 Å². The molecule has 1 aromatic rings. The molecule has 0 aliphatic carbocycles. The van der Waals surface area contributed by atoms with Gasteiger partial charge in [-0.3, -0.25) is 4.90 Å². The van der Waals surface area contributed by atoms with Gasteiger partial charge in [0.25, 0.3) is 0 Å². The molecule has 1 saturated heterocycles. The number of hydrogen-bond acceptors (Lipinski definition) is 3. The minimum Gasteiger partial charge on any atom is -0.368 e. The van der Waals surface area contributed by atoms with E-state index in [2.05, 4.69) is 16.7 Å². The van der Waals surface area contributed by atoms with Crippen LogP contribution < -0.4 is 4.90 Å². The maximum atomic E-state index is 13.6. The van der Waals surface area contributed by atoms with Crippen LogP contribution in [0.5, 0.6) is 0 Å². The van der Waals surface area contributed by atoms with Crippen molar-refractivity contribution >= 4 is 5.69 Å². The summed E-state index contributed by atoms with van der Waals surface area (Å²) in [6, 6.07) is 6.86. The lowest BCUT2D eigenvalue weighted by atomic mass is 10.1. The van der Waals surface area contributed by atoms with Gasteiger partial charge in [-0.05, 0) is 25.1 Å². The van der Waals surface area contributed by atoms with Crippen molar-refractivity contribution in [2.45, 2.75) is 26.2 Å². The Kier molecular flexibility index (Phi) is 5.37. The normalized spacial score (nSPS) is 16.1. The van der Waals surface area contributed by atoms with Gasteiger partial charge in [-0.2, -0.15) is 5.26 Å². The second-order valence-electron chi connectivity index (χ2n) is 5.28. The Labute approximate surface area is 120 Å². The van der Waals surface area contributed by atoms with Crippen LogP contribution in [-0.4, -0.2) is 37.6 Å². The van der Waals surface area contributed by atoms with E-state index in [4.69, 9.17) is 5.26 Å². The summed E-state index contributed by atoms with van der Waals surface area (Å²) in [6.07, 6.45) is 3.78. The number of nitrogens with zero attached hydrogens (tertiary/aromatic N) is 3. The summed E-state index contributed by atoms with van der Waals surface area (Å²) in [7, 11) is 0. The van der Waals surface area contributed by atoms with Crippen molar-refractivity contribution in [3.63, 3.8) is 0 Å². The maximum Gasteiger partial charge on any atom is 0.143 e. The Hall–Kier alpha value is -1.60. The molecule has 0 amide bonds. The predicted molar refractivity (Wildman–Crippen MR) is 79.3 cm³/mol. The summed E-state index contributed by atoms with van der Waals surface area (Å²) in [5.74, 6) is -0.421. The van der Waals surface area contributed by atoms with Gasteiger partial charge in [-0.25, -0.2) is 4.39 Å². The quantitative estimate of drug-likeness (QED) is 0.774. The molecule has 20 heavy (non-hydrogen) atoms. The molecule has 0 bridgehead atoms. The van der Waals surface area contributed by atoms with Crippen molar-refractivity contribution in [2.75, 3.05) is 37.6 Å². The van der Waals surface area contributed by atoms with E-state index in [1.54, 1.807) is 6.07 Å². The van der Waals surface area contributed by atoms with E-state index in [1.807, 2.05) is 12.1 Å². The molecule has 3 nitrogen and oxygen atoms in total. The standard InChI is InChI=1S/C16H22FN3/c1-2-3-4-8-19-9-11-20(12-10-19)16-7-5-6-15(17)14(16)13-18/h5-7H,2-4,8-12H2,1H3. The van der Waals surface area contributed by atoms with Gasteiger partial charge in [0.15, 0.2) is 0 Å². The van der Waals surface area contributed by atoms with Gasteiger partial charge in [0, 0.05) is 26.2 Å². The van der Waals surface area contributed by atoms with Crippen LogP contribution in [0.4, 0.5) is 10.1 Å². The molecule has 0 aromatic heterocycles. The van der Waals surface area contributed by atoms with Crippen LogP contribution in [0.15, 0.2) is 18.2 Å². The summed E-state index contributed by atoms with van der Waals surface area (Å²) >= 11 is 0. The van der Waals surface area contributed by atoms with E-state index in [1.165, 1.54) is 25.3 Å². The summed E-state index contributed by atoms with van der Waals surface area (Å²) < 4.78 is 13.6. The molecular formula is C16H22FN3. The monoisotopic (exact) mass is 275 g/mol. The molecular weight excluding hydrogens is 253 g/mol. The van der Waals surface area contributed by atoms with Crippen LogP contribution in [0.3, 0.4) is 0 Å². The molecule has 0 radical (unpaired) electrons. The smallest absolute Gasteiger partial charge is 0.143 e. The largest absolute Gasteiger partial charge is 0.368 e. The predicted octanol–water partition coefficient (Wildman–Crippen LogP) is 3.01. The minimum absolute atomic E-state index is 0.173. The molecule has 2 rings (SSSR count). The Morgan fingerprint density at radius 1 is 1.20 bits per heavy atom. The molecule has 0 saturated carbocycles. The lowest BCUT2D eigenvalue weighted by molar-refractivity contribution is 0.252. The van der Waals surface area contributed by atoms with E-state index < -0.39 is 5.82 Å². The second-order valence-corrected chi connectivity index (χ2v) is 5.28. The van der Waals surface area contributed by atoms with Crippen molar-refractivity contribution in [3.05, 3.63) is 29.6 Å². The van der Waals surface area contributed by atoms with Crippen molar-refractivity contribution in [1.82, 2.24) is 4.90 Å². The van der Waals surface area contributed by atoms with Crippen LogP contribution in [0.1, 0.15) is 31.7 Å². The summed E-state index contributed by atoms with van der Waals surface area (Å²) in [4.78, 5) is 4.58. The highest BCUT2D eigenvalue weighted by molar-refractivity contribution is 5.60. The Balaban J connectivity index is 1.94. The van der Waals surface area contributed by atoms with Crippen molar-refractivity contribution in [1.29, 1.82) is 5.26 Å². The second kappa shape index (κ2) is 7.25. The fourth-order valence-electron chi connectivity index (χ4n) is 2.68. The van der Waals surface area contributed by atoms with Crippen LogP contribution in [-0.2, 0) is 0 Å². The minimum atomic E-state index is -0.421. The molecule has 0 atom stereocenters. The topological polar surface area (TPSA) is 30.3 Å². The number of nitriles is 1. The summed E-state index contributed by atoms with van der Waals surface area (Å²) in [5.41, 5.74) is 0.910. The third kappa shape index (κ3) is 3.49. The van der Waals surface area contributed by atoms with Crippen molar-refractivity contribution in [2.24, 2.45) is 0 Å². The van der Waals surface area contributed by atoms with E-state index in [9.17, 15) is 4.39 Å². The fourth-order valence-corrected chi connectivity index (χ4v) is 2.68. The number of unbranched alkanes of at least 4 members (excludes halogenated alkanes) is 2. The van der Waals surface area contributed by atoms with E-state index in [0.717, 1.165) is 38.4 Å². The van der Waals surface area contributed by atoms with Crippen molar-refractivity contribution < 1.29 is 4.39 Å². The first-order valence-corrected chi connectivity index (χ1v) is 7.42.